The summed E-state index contributed by atoms with van der Waals surface area (Å²) in [4.78, 5) is 24.2. The summed E-state index contributed by atoms with van der Waals surface area (Å²) >= 11 is 0. The number of hydrogen-bond donors (Lipinski definition) is 1. The number of carbonyl (C=O) groups excluding carboxylic acids is 2. The van der Waals surface area contributed by atoms with E-state index in [1.807, 2.05) is 43.3 Å². The number of nitrogens with one attached hydrogen (secondary N) is 1. The van der Waals surface area contributed by atoms with E-state index in [2.05, 4.69) is 5.32 Å². The van der Waals surface area contributed by atoms with Crippen molar-refractivity contribution in [1.29, 1.82) is 5.26 Å². The lowest BCUT2D eigenvalue weighted by atomic mass is 9.98. The molecule has 0 aliphatic carbocycles. The molecule has 0 spiro atoms. The molecule has 5 heteroatoms. The van der Waals surface area contributed by atoms with Crippen LogP contribution in [0.1, 0.15) is 37.3 Å². The van der Waals surface area contributed by atoms with Crippen LogP contribution in [0.2, 0.25) is 0 Å². The van der Waals surface area contributed by atoms with E-state index in [0.717, 1.165) is 5.56 Å². The fraction of sp³-hybridized carbons (Fsp3) is 0.250. The minimum atomic E-state index is -0.916. The van der Waals surface area contributed by atoms with Crippen molar-refractivity contribution in [2.75, 3.05) is 5.32 Å². The Hall–Kier alpha value is -3.13. The zero-order chi connectivity index (χ0) is 18.2. The summed E-state index contributed by atoms with van der Waals surface area (Å²) in [7, 11) is 0. The topological polar surface area (TPSA) is 79.2 Å². The molecule has 25 heavy (non-hydrogen) atoms. The molecule has 0 unspecified atom stereocenters. The number of anilines is 1. The van der Waals surface area contributed by atoms with Gasteiger partial charge in [0.15, 0.2) is 6.10 Å². The van der Waals surface area contributed by atoms with Crippen molar-refractivity contribution in [2.24, 2.45) is 0 Å². The van der Waals surface area contributed by atoms with Crippen LogP contribution < -0.4 is 5.32 Å². The minimum absolute atomic E-state index is 0.0104. The van der Waals surface area contributed by atoms with Crippen LogP contribution in [0.4, 0.5) is 5.69 Å². The number of nitriles is 1. The van der Waals surface area contributed by atoms with Crippen molar-refractivity contribution in [3.8, 4) is 6.07 Å². The van der Waals surface area contributed by atoms with Gasteiger partial charge in [-0.05, 0) is 36.6 Å². The first kappa shape index (κ1) is 18.2. The highest BCUT2D eigenvalue weighted by Crippen LogP contribution is 2.19. The van der Waals surface area contributed by atoms with E-state index in [1.165, 1.54) is 6.92 Å². The van der Waals surface area contributed by atoms with Gasteiger partial charge in [-0.3, -0.25) is 9.59 Å². The van der Waals surface area contributed by atoms with Crippen LogP contribution in [-0.4, -0.2) is 18.0 Å². The summed E-state index contributed by atoms with van der Waals surface area (Å²) in [6, 6.07) is 18.2. The summed E-state index contributed by atoms with van der Waals surface area (Å²) in [5.74, 6) is -0.850. The van der Waals surface area contributed by atoms with Crippen LogP contribution in [0.3, 0.4) is 0 Å². The van der Waals surface area contributed by atoms with Gasteiger partial charge in [-0.15, -0.1) is 0 Å². The van der Waals surface area contributed by atoms with Crippen LogP contribution in [0, 0.1) is 11.3 Å². The molecule has 0 radical (unpaired) electrons. The Labute approximate surface area is 147 Å². The summed E-state index contributed by atoms with van der Waals surface area (Å²) in [5.41, 5.74) is 1.98. The largest absolute Gasteiger partial charge is 0.453 e. The van der Waals surface area contributed by atoms with Gasteiger partial charge in [0.05, 0.1) is 18.1 Å². The number of amides is 1. The van der Waals surface area contributed by atoms with Crippen molar-refractivity contribution in [3.63, 3.8) is 0 Å². The number of hydrogen-bond acceptors (Lipinski definition) is 4. The molecule has 0 aromatic heterocycles. The van der Waals surface area contributed by atoms with E-state index in [9.17, 15) is 9.59 Å². The molecule has 0 aliphatic heterocycles. The van der Waals surface area contributed by atoms with E-state index in [4.69, 9.17) is 10.00 Å². The lowest BCUT2D eigenvalue weighted by molar-refractivity contribution is -0.153. The first-order chi connectivity index (χ1) is 12.0. The number of rotatable bonds is 6. The molecule has 2 rings (SSSR count). The Balaban J connectivity index is 1.87. The van der Waals surface area contributed by atoms with Crippen molar-refractivity contribution in [1.82, 2.24) is 0 Å². The molecule has 0 heterocycles. The van der Waals surface area contributed by atoms with E-state index in [-0.39, 0.29) is 12.3 Å². The monoisotopic (exact) mass is 336 g/mol. The van der Waals surface area contributed by atoms with Crippen molar-refractivity contribution < 1.29 is 14.3 Å². The minimum Gasteiger partial charge on any atom is -0.453 e. The standard InChI is InChI=1S/C20H20N2O3/c1-14(17-8-4-3-5-9-17)11-19(23)25-15(2)20(24)22-18-10-6-7-16(12-18)13-21/h3-10,12,14-15H,11H2,1-2H3,(H,22,24)/t14-,15+/m1/s1. The lowest BCUT2D eigenvalue weighted by Crippen LogP contribution is -2.30. The van der Waals surface area contributed by atoms with Gasteiger partial charge >= 0.3 is 5.97 Å². The number of ether oxygens (including phenoxy) is 1. The van der Waals surface area contributed by atoms with Crippen LogP contribution in [0.15, 0.2) is 54.6 Å². The second-order valence-corrected chi connectivity index (χ2v) is 5.83. The van der Waals surface area contributed by atoms with Gasteiger partial charge in [0.1, 0.15) is 0 Å². The van der Waals surface area contributed by atoms with Gasteiger partial charge in [-0.25, -0.2) is 0 Å². The lowest BCUT2D eigenvalue weighted by Gasteiger charge is -2.16. The Morgan fingerprint density at radius 3 is 2.52 bits per heavy atom. The average Bonchev–Trinajstić information content (AvgIpc) is 2.62. The highest BCUT2D eigenvalue weighted by atomic mass is 16.5. The van der Waals surface area contributed by atoms with E-state index < -0.39 is 18.0 Å². The fourth-order valence-corrected chi connectivity index (χ4v) is 2.36. The number of benzene rings is 2. The van der Waals surface area contributed by atoms with Gasteiger partial charge in [-0.2, -0.15) is 5.26 Å². The fourth-order valence-electron chi connectivity index (χ4n) is 2.36. The van der Waals surface area contributed by atoms with Crippen LogP contribution >= 0.6 is 0 Å². The SMILES string of the molecule is C[C@H](OC(=O)C[C@@H](C)c1ccccc1)C(=O)Nc1cccc(C#N)c1. The third-order valence-electron chi connectivity index (χ3n) is 3.78. The number of esters is 1. The predicted octanol–water partition coefficient (Wildman–Crippen LogP) is 3.62. The molecule has 1 N–H and O–H groups in total. The van der Waals surface area contributed by atoms with Crippen molar-refractivity contribution in [3.05, 3.63) is 65.7 Å². The molecule has 0 aliphatic rings. The molecule has 128 valence electrons. The van der Waals surface area contributed by atoms with Crippen molar-refractivity contribution in [2.45, 2.75) is 32.3 Å². The highest BCUT2D eigenvalue weighted by Gasteiger charge is 2.20. The number of carbonyl (C=O) groups is 2. The summed E-state index contributed by atoms with van der Waals surface area (Å²) in [6.45, 7) is 3.46. The zero-order valence-corrected chi connectivity index (χ0v) is 14.2. The molecule has 2 aromatic rings. The Morgan fingerprint density at radius 1 is 1.12 bits per heavy atom. The molecule has 2 aromatic carbocycles. The molecule has 5 nitrogen and oxygen atoms in total. The van der Waals surface area contributed by atoms with Gasteiger partial charge in [0, 0.05) is 5.69 Å². The molecule has 0 bridgehead atoms. The first-order valence-electron chi connectivity index (χ1n) is 8.05. The van der Waals surface area contributed by atoms with Crippen LogP contribution in [0.5, 0.6) is 0 Å². The maximum atomic E-state index is 12.1. The van der Waals surface area contributed by atoms with E-state index in [1.54, 1.807) is 24.3 Å². The maximum absolute atomic E-state index is 12.1. The normalized spacial score (nSPS) is 12.5. The van der Waals surface area contributed by atoms with Gasteiger partial charge in [0.2, 0.25) is 0 Å². The Bertz CT molecular complexity index is 781. The molecular formula is C20H20N2O3. The maximum Gasteiger partial charge on any atom is 0.307 e. The van der Waals surface area contributed by atoms with Gasteiger partial charge in [0.25, 0.3) is 5.91 Å². The third-order valence-corrected chi connectivity index (χ3v) is 3.78. The van der Waals surface area contributed by atoms with E-state index in [0.29, 0.717) is 11.3 Å². The second-order valence-electron chi connectivity index (χ2n) is 5.83. The summed E-state index contributed by atoms with van der Waals surface area (Å²) < 4.78 is 5.22. The second kappa shape index (κ2) is 8.65. The molecule has 0 saturated carbocycles. The highest BCUT2D eigenvalue weighted by molar-refractivity contribution is 5.95. The smallest absolute Gasteiger partial charge is 0.307 e. The molecule has 0 fully saturated rings. The van der Waals surface area contributed by atoms with Crippen LogP contribution in [-0.2, 0) is 14.3 Å². The quantitative estimate of drug-likeness (QED) is 0.817. The molecule has 1 amide bonds. The Morgan fingerprint density at radius 2 is 1.84 bits per heavy atom. The van der Waals surface area contributed by atoms with Gasteiger partial charge in [-0.1, -0.05) is 43.3 Å². The van der Waals surface area contributed by atoms with Crippen molar-refractivity contribution >= 4 is 17.6 Å². The summed E-state index contributed by atoms with van der Waals surface area (Å²) in [5, 5.41) is 11.5. The summed E-state index contributed by atoms with van der Waals surface area (Å²) in [6.07, 6.45) is -0.716. The molecule has 2 atom stereocenters. The molecule has 0 saturated heterocycles. The van der Waals surface area contributed by atoms with Gasteiger partial charge < -0.3 is 10.1 Å². The zero-order valence-electron chi connectivity index (χ0n) is 14.2. The third kappa shape index (κ3) is 5.47. The Kier molecular flexibility index (Phi) is 6.30. The van der Waals surface area contributed by atoms with E-state index >= 15 is 0 Å². The first-order valence-corrected chi connectivity index (χ1v) is 8.05. The average molecular weight is 336 g/mol. The van der Waals surface area contributed by atoms with Crippen LogP contribution in [0.25, 0.3) is 0 Å². The number of nitrogens with zero attached hydrogens (tertiary/aromatic N) is 1. The molecular weight excluding hydrogens is 316 g/mol. The predicted molar refractivity (Wildman–Crippen MR) is 94.8 cm³/mol.